The number of benzene rings is 2. The fraction of sp³-hybridized carbons (Fsp3) is 0.188. The number of para-hydroxylation sites is 1. The van der Waals surface area contributed by atoms with Crippen LogP contribution < -0.4 is 5.32 Å². The molecule has 2 rings (SSSR count). The van der Waals surface area contributed by atoms with Crippen LogP contribution in [0.3, 0.4) is 0 Å². The molecule has 1 atom stereocenters. The van der Waals surface area contributed by atoms with Gasteiger partial charge in [-0.1, -0.05) is 48.5 Å². The fourth-order valence-corrected chi connectivity index (χ4v) is 1.91. The summed E-state index contributed by atoms with van der Waals surface area (Å²) >= 11 is 0. The summed E-state index contributed by atoms with van der Waals surface area (Å²) in [4.78, 5) is 12.2. The average Bonchev–Trinajstić information content (AvgIpc) is 2.48. The van der Waals surface area contributed by atoms with E-state index in [1.807, 2.05) is 49.4 Å². The van der Waals surface area contributed by atoms with E-state index in [1.165, 1.54) is 0 Å². The quantitative estimate of drug-likeness (QED) is 0.882. The Kier molecular flexibility index (Phi) is 4.31. The maximum absolute atomic E-state index is 12.2. The minimum atomic E-state index is -0.229. The second-order valence-electron chi connectivity index (χ2n) is 4.44. The molecule has 2 aromatic carbocycles. The molecule has 0 aromatic heterocycles. The molecule has 0 aliphatic rings. The number of nitrogens with one attached hydrogen (secondary N) is 1. The molecule has 0 aliphatic heterocycles. The number of carbonyl (C=O) groups excluding carboxylic acids is 1. The smallest absolute Gasteiger partial charge is 0.231 e. The molecule has 1 amide bonds. The van der Waals surface area contributed by atoms with Crippen molar-refractivity contribution in [2.75, 3.05) is 5.32 Å². The van der Waals surface area contributed by atoms with Crippen LogP contribution in [0.25, 0.3) is 0 Å². The van der Waals surface area contributed by atoms with Crippen LogP contribution in [0, 0.1) is 0 Å². The highest BCUT2D eigenvalue weighted by Gasteiger charge is 2.15. The molecule has 0 saturated heterocycles. The van der Waals surface area contributed by atoms with Gasteiger partial charge in [-0.25, -0.2) is 0 Å². The molecule has 2 aromatic rings. The van der Waals surface area contributed by atoms with Gasteiger partial charge in [0.25, 0.3) is 0 Å². The zero-order chi connectivity index (χ0) is 13.7. The lowest BCUT2D eigenvalue weighted by molar-refractivity contribution is -0.117. The molecule has 3 heteroatoms. The summed E-state index contributed by atoms with van der Waals surface area (Å²) in [7, 11) is 0. The first-order chi connectivity index (χ1) is 9.22. The zero-order valence-electron chi connectivity index (χ0n) is 10.8. The van der Waals surface area contributed by atoms with Crippen molar-refractivity contribution in [3.8, 4) is 0 Å². The van der Waals surface area contributed by atoms with Crippen LogP contribution in [0.1, 0.15) is 24.0 Å². The van der Waals surface area contributed by atoms with Gasteiger partial charge in [-0.05, 0) is 18.6 Å². The number of aliphatic hydroxyl groups excluding tert-OH is 1. The Morgan fingerprint density at radius 2 is 1.74 bits per heavy atom. The van der Waals surface area contributed by atoms with Crippen molar-refractivity contribution in [3.05, 3.63) is 65.7 Å². The maximum atomic E-state index is 12.2. The Morgan fingerprint density at radius 1 is 1.11 bits per heavy atom. The summed E-state index contributed by atoms with van der Waals surface area (Å²) in [6.07, 6.45) is 0. The van der Waals surface area contributed by atoms with E-state index in [-0.39, 0.29) is 18.4 Å². The molecule has 0 heterocycles. The van der Waals surface area contributed by atoms with Crippen molar-refractivity contribution in [2.45, 2.75) is 19.4 Å². The van der Waals surface area contributed by atoms with Crippen LogP contribution in [-0.2, 0) is 11.4 Å². The third kappa shape index (κ3) is 3.20. The molecular formula is C16H17NO2. The molecule has 2 N–H and O–H groups in total. The number of hydrogen-bond donors (Lipinski definition) is 2. The molecule has 0 bridgehead atoms. The highest BCUT2D eigenvalue weighted by Crippen LogP contribution is 2.20. The Morgan fingerprint density at radius 3 is 2.42 bits per heavy atom. The van der Waals surface area contributed by atoms with E-state index in [4.69, 9.17) is 0 Å². The number of anilines is 1. The number of hydrogen-bond acceptors (Lipinski definition) is 2. The Balaban J connectivity index is 2.13. The molecule has 0 spiro atoms. The van der Waals surface area contributed by atoms with Gasteiger partial charge in [-0.15, -0.1) is 0 Å². The second-order valence-corrected chi connectivity index (χ2v) is 4.44. The number of carbonyl (C=O) groups is 1. The van der Waals surface area contributed by atoms with E-state index in [9.17, 15) is 9.90 Å². The first-order valence-corrected chi connectivity index (χ1v) is 6.27. The van der Waals surface area contributed by atoms with Gasteiger partial charge in [0.1, 0.15) is 0 Å². The van der Waals surface area contributed by atoms with Crippen LogP contribution in [0.15, 0.2) is 54.6 Å². The van der Waals surface area contributed by atoms with Crippen molar-refractivity contribution in [1.29, 1.82) is 0 Å². The van der Waals surface area contributed by atoms with E-state index in [0.717, 1.165) is 11.1 Å². The van der Waals surface area contributed by atoms with E-state index in [1.54, 1.807) is 12.1 Å². The number of aliphatic hydroxyl groups is 1. The van der Waals surface area contributed by atoms with Crippen molar-refractivity contribution < 1.29 is 9.90 Å². The van der Waals surface area contributed by atoms with Crippen molar-refractivity contribution in [2.24, 2.45) is 0 Å². The summed E-state index contributed by atoms with van der Waals surface area (Å²) in [5.74, 6) is -0.306. The number of amides is 1. The van der Waals surface area contributed by atoms with Gasteiger partial charge in [-0.3, -0.25) is 4.79 Å². The fourth-order valence-electron chi connectivity index (χ4n) is 1.91. The van der Waals surface area contributed by atoms with Gasteiger partial charge >= 0.3 is 0 Å². The summed E-state index contributed by atoms with van der Waals surface area (Å²) in [6.45, 7) is 1.78. The Labute approximate surface area is 112 Å². The molecule has 98 valence electrons. The van der Waals surface area contributed by atoms with Crippen molar-refractivity contribution in [3.63, 3.8) is 0 Å². The predicted octanol–water partition coefficient (Wildman–Crippen LogP) is 2.92. The first-order valence-electron chi connectivity index (χ1n) is 6.27. The van der Waals surface area contributed by atoms with Crippen LogP contribution in [0.2, 0.25) is 0 Å². The molecule has 0 radical (unpaired) electrons. The van der Waals surface area contributed by atoms with Crippen molar-refractivity contribution in [1.82, 2.24) is 0 Å². The van der Waals surface area contributed by atoms with Gasteiger partial charge in [0.15, 0.2) is 0 Å². The SMILES string of the molecule is CC(C(=O)Nc1ccccc1CO)c1ccccc1. The van der Waals surface area contributed by atoms with E-state index in [2.05, 4.69) is 5.32 Å². The van der Waals surface area contributed by atoms with E-state index >= 15 is 0 Å². The third-order valence-corrected chi connectivity index (χ3v) is 3.14. The maximum Gasteiger partial charge on any atom is 0.231 e. The summed E-state index contributed by atoms with van der Waals surface area (Å²) in [5.41, 5.74) is 2.36. The monoisotopic (exact) mass is 255 g/mol. The molecule has 3 nitrogen and oxygen atoms in total. The van der Waals surface area contributed by atoms with Crippen LogP contribution in [0.5, 0.6) is 0 Å². The van der Waals surface area contributed by atoms with Gasteiger partial charge in [0.2, 0.25) is 5.91 Å². The molecule has 1 unspecified atom stereocenters. The second kappa shape index (κ2) is 6.16. The number of rotatable bonds is 4. The molecule has 19 heavy (non-hydrogen) atoms. The largest absolute Gasteiger partial charge is 0.392 e. The summed E-state index contributed by atoms with van der Waals surface area (Å²) < 4.78 is 0. The standard InChI is InChI=1S/C16H17NO2/c1-12(13-7-3-2-4-8-13)16(19)17-15-10-6-5-9-14(15)11-18/h2-10,12,18H,11H2,1H3,(H,17,19). The predicted molar refractivity (Wildman–Crippen MR) is 75.9 cm³/mol. The van der Waals surface area contributed by atoms with Crippen LogP contribution in [0.4, 0.5) is 5.69 Å². The lowest BCUT2D eigenvalue weighted by Gasteiger charge is -2.14. The normalized spacial score (nSPS) is 11.9. The minimum absolute atomic E-state index is 0.0768. The Bertz CT molecular complexity index is 552. The average molecular weight is 255 g/mol. The third-order valence-electron chi connectivity index (χ3n) is 3.14. The van der Waals surface area contributed by atoms with E-state index < -0.39 is 0 Å². The summed E-state index contributed by atoms with van der Waals surface area (Å²) in [6, 6.07) is 16.9. The molecule has 0 saturated carbocycles. The first kappa shape index (κ1) is 13.3. The van der Waals surface area contributed by atoms with Crippen molar-refractivity contribution >= 4 is 11.6 Å². The van der Waals surface area contributed by atoms with Gasteiger partial charge in [0, 0.05) is 11.3 Å². The molecular weight excluding hydrogens is 238 g/mol. The van der Waals surface area contributed by atoms with Crippen LogP contribution in [-0.4, -0.2) is 11.0 Å². The zero-order valence-corrected chi connectivity index (χ0v) is 10.8. The molecule has 0 aliphatic carbocycles. The molecule has 0 fully saturated rings. The lowest BCUT2D eigenvalue weighted by Crippen LogP contribution is -2.19. The minimum Gasteiger partial charge on any atom is -0.392 e. The van der Waals surface area contributed by atoms with Gasteiger partial charge in [0.05, 0.1) is 12.5 Å². The summed E-state index contributed by atoms with van der Waals surface area (Å²) in [5, 5.41) is 12.1. The van der Waals surface area contributed by atoms with Gasteiger partial charge < -0.3 is 10.4 Å². The topological polar surface area (TPSA) is 49.3 Å². The van der Waals surface area contributed by atoms with Crippen LogP contribution >= 0.6 is 0 Å². The highest BCUT2D eigenvalue weighted by molar-refractivity contribution is 5.96. The Hall–Kier alpha value is -2.13. The lowest BCUT2D eigenvalue weighted by atomic mass is 10.0. The highest BCUT2D eigenvalue weighted by atomic mass is 16.3. The van der Waals surface area contributed by atoms with Gasteiger partial charge in [-0.2, -0.15) is 0 Å². The van der Waals surface area contributed by atoms with E-state index in [0.29, 0.717) is 5.69 Å².